The highest BCUT2D eigenvalue weighted by Gasteiger charge is 2.13. The molecule has 0 unspecified atom stereocenters. The van der Waals surface area contributed by atoms with E-state index in [1.54, 1.807) is 24.3 Å². The molecule has 0 aliphatic rings. The van der Waals surface area contributed by atoms with E-state index in [4.69, 9.17) is 22.3 Å². The third-order valence-electron chi connectivity index (χ3n) is 3.57. The molecule has 1 aromatic rings. The largest absolute Gasteiger partial charge is 0.462 e. The number of allylic oxidation sites excluding steroid dienone is 2. The van der Waals surface area contributed by atoms with Crippen LogP contribution in [0.15, 0.2) is 36.4 Å². The Morgan fingerprint density at radius 3 is 2.38 bits per heavy atom. The van der Waals surface area contributed by atoms with E-state index < -0.39 is 5.97 Å². The van der Waals surface area contributed by atoms with Crippen molar-refractivity contribution in [1.29, 1.82) is 0 Å². The van der Waals surface area contributed by atoms with Crippen molar-refractivity contribution in [3.8, 4) is 30.4 Å². The van der Waals surface area contributed by atoms with E-state index in [1.807, 2.05) is 19.1 Å². The fourth-order valence-electron chi connectivity index (χ4n) is 2.17. The van der Waals surface area contributed by atoms with Crippen LogP contribution in [0.5, 0.6) is 5.75 Å². The highest BCUT2D eigenvalue weighted by Crippen LogP contribution is 2.15. The summed E-state index contributed by atoms with van der Waals surface area (Å²) in [6.45, 7) is 2.12. The SMILES string of the molecule is C#CCC(CC#C)COC(=O)c1ccc(OC(=O)CCC/C=C\C)cc1. The van der Waals surface area contributed by atoms with Crippen LogP contribution < -0.4 is 4.74 Å². The monoisotopic (exact) mass is 352 g/mol. The molecule has 0 N–H and O–H groups in total. The lowest BCUT2D eigenvalue weighted by Gasteiger charge is -2.12. The van der Waals surface area contributed by atoms with Crippen molar-refractivity contribution in [2.24, 2.45) is 5.92 Å². The number of esters is 2. The predicted octanol–water partition coefficient (Wildman–Crippen LogP) is 4.16. The zero-order chi connectivity index (χ0) is 19.2. The molecule has 0 saturated heterocycles. The summed E-state index contributed by atoms with van der Waals surface area (Å²) in [7, 11) is 0. The molecule has 1 rings (SSSR count). The van der Waals surface area contributed by atoms with E-state index in [-0.39, 0.29) is 18.5 Å². The molecule has 4 nitrogen and oxygen atoms in total. The fraction of sp³-hybridized carbons (Fsp3) is 0.364. The average molecular weight is 352 g/mol. The van der Waals surface area contributed by atoms with Gasteiger partial charge in [-0.05, 0) is 44.0 Å². The quantitative estimate of drug-likeness (QED) is 0.209. The number of ether oxygens (including phenoxy) is 2. The van der Waals surface area contributed by atoms with Crippen LogP contribution in [0, 0.1) is 30.6 Å². The van der Waals surface area contributed by atoms with Crippen molar-refractivity contribution in [1.82, 2.24) is 0 Å². The summed E-state index contributed by atoms with van der Waals surface area (Å²) in [4.78, 5) is 23.8. The molecule has 0 spiro atoms. The minimum Gasteiger partial charge on any atom is -0.462 e. The standard InChI is InChI=1S/C22H24O4/c1-4-7-8-9-12-21(23)26-20-15-13-19(14-16-20)22(24)25-17-18(10-5-2)11-6-3/h2-4,7,13-16,18H,8-12,17H2,1H3/b7-4-. The number of carbonyl (C=O) groups is 2. The van der Waals surface area contributed by atoms with E-state index in [0.29, 0.717) is 30.6 Å². The summed E-state index contributed by atoms with van der Waals surface area (Å²) >= 11 is 0. The molecule has 0 radical (unpaired) electrons. The van der Waals surface area contributed by atoms with E-state index in [9.17, 15) is 9.59 Å². The zero-order valence-corrected chi connectivity index (χ0v) is 15.1. The molecule has 0 aliphatic heterocycles. The van der Waals surface area contributed by atoms with Gasteiger partial charge >= 0.3 is 11.9 Å². The molecule has 0 atom stereocenters. The Hall–Kier alpha value is -2.98. The molecule has 0 aromatic heterocycles. The summed E-state index contributed by atoms with van der Waals surface area (Å²) in [5.74, 6) is 4.64. The number of carbonyl (C=O) groups excluding carboxylic acids is 2. The van der Waals surface area contributed by atoms with Crippen LogP contribution in [0.25, 0.3) is 0 Å². The lowest BCUT2D eigenvalue weighted by molar-refractivity contribution is -0.134. The minimum atomic E-state index is -0.465. The van der Waals surface area contributed by atoms with Crippen molar-refractivity contribution in [2.45, 2.75) is 39.0 Å². The van der Waals surface area contributed by atoms with Gasteiger partial charge in [-0.2, -0.15) is 0 Å². The Bertz CT molecular complexity index is 670. The molecule has 26 heavy (non-hydrogen) atoms. The van der Waals surface area contributed by atoms with Crippen molar-refractivity contribution in [3.05, 3.63) is 42.0 Å². The Morgan fingerprint density at radius 1 is 1.15 bits per heavy atom. The number of benzene rings is 1. The van der Waals surface area contributed by atoms with E-state index in [2.05, 4.69) is 11.8 Å². The molecule has 0 saturated carbocycles. The molecule has 0 bridgehead atoms. The van der Waals surface area contributed by atoms with Gasteiger partial charge in [0.2, 0.25) is 0 Å². The van der Waals surface area contributed by atoms with E-state index >= 15 is 0 Å². The van der Waals surface area contributed by atoms with E-state index in [1.165, 1.54) is 0 Å². The second-order valence-corrected chi connectivity index (χ2v) is 5.74. The molecule has 136 valence electrons. The normalized spacial score (nSPS) is 10.3. The van der Waals surface area contributed by atoms with Crippen LogP contribution in [-0.4, -0.2) is 18.5 Å². The maximum atomic E-state index is 12.1. The molecular formula is C22H24O4. The summed E-state index contributed by atoms with van der Waals surface area (Å²) in [5, 5.41) is 0. The van der Waals surface area contributed by atoms with Crippen LogP contribution in [-0.2, 0) is 9.53 Å². The smallest absolute Gasteiger partial charge is 0.338 e. The third-order valence-corrected chi connectivity index (χ3v) is 3.57. The lowest BCUT2D eigenvalue weighted by Crippen LogP contribution is -2.14. The molecule has 4 heteroatoms. The van der Waals surface area contributed by atoms with Gasteiger partial charge in [-0.3, -0.25) is 4.79 Å². The Morgan fingerprint density at radius 2 is 1.81 bits per heavy atom. The van der Waals surface area contributed by atoms with Gasteiger partial charge in [0.1, 0.15) is 5.75 Å². The lowest BCUT2D eigenvalue weighted by atomic mass is 10.0. The predicted molar refractivity (Wildman–Crippen MR) is 101 cm³/mol. The van der Waals surface area contributed by atoms with Crippen LogP contribution in [0.2, 0.25) is 0 Å². The maximum absolute atomic E-state index is 12.1. The maximum Gasteiger partial charge on any atom is 0.338 e. The van der Waals surface area contributed by atoms with Gasteiger partial charge in [-0.25, -0.2) is 4.79 Å². The molecule has 0 amide bonds. The number of rotatable bonds is 10. The van der Waals surface area contributed by atoms with Gasteiger partial charge in [0.05, 0.1) is 12.2 Å². The molecule has 0 fully saturated rings. The topological polar surface area (TPSA) is 52.6 Å². The van der Waals surface area contributed by atoms with Gasteiger partial charge in [0.25, 0.3) is 0 Å². The molecule has 0 heterocycles. The molecular weight excluding hydrogens is 328 g/mol. The van der Waals surface area contributed by atoms with Gasteiger partial charge in [-0.1, -0.05) is 12.2 Å². The van der Waals surface area contributed by atoms with Crippen LogP contribution >= 0.6 is 0 Å². The summed E-state index contributed by atoms with van der Waals surface area (Å²) in [5.41, 5.74) is 0.373. The van der Waals surface area contributed by atoms with Crippen molar-refractivity contribution in [2.75, 3.05) is 6.61 Å². The Labute approximate surface area is 155 Å². The third kappa shape index (κ3) is 8.22. The van der Waals surface area contributed by atoms with Crippen molar-refractivity contribution in [3.63, 3.8) is 0 Å². The summed E-state index contributed by atoms with van der Waals surface area (Å²) in [6, 6.07) is 6.26. The zero-order valence-electron chi connectivity index (χ0n) is 15.1. The number of terminal acetylenes is 2. The number of hydrogen-bond acceptors (Lipinski definition) is 4. The van der Waals surface area contributed by atoms with Crippen molar-refractivity contribution < 1.29 is 19.1 Å². The number of hydrogen-bond donors (Lipinski definition) is 0. The summed E-state index contributed by atoms with van der Waals surface area (Å²) in [6.07, 6.45) is 17.4. The van der Waals surface area contributed by atoms with Crippen LogP contribution in [0.1, 0.15) is 49.4 Å². The van der Waals surface area contributed by atoms with Gasteiger partial charge in [0, 0.05) is 25.2 Å². The highest BCUT2D eigenvalue weighted by molar-refractivity contribution is 5.89. The summed E-state index contributed by atoms with van der Waals surface area (Å²) < 4.78 is 10.5. The van der Waals surface area contributed by atoms with Crippen LogP contribution in [0.4, 0.5) is 0 Å². The fourth-order valence-corrected chi connectivity index (χ4v) is 2.17. The second-order valence-electron chi connectivity index (χ2n) is 5.74. The first-order valence-electron chi connectivity index (χ1n) is 8.56. The van der Waals surface area contributed by atoms with E-state index in [0.717, 1.165) is 12.8 Å². The average Bonchev–Trinajstić information content (AvgIpc) is 2.64. The van der Waals surface area contributed by atoms with Gasteiger partial charge < -0.3 is 9.47 Å². The first kappa shape index (κ1) is 21.1. The first-order chi connectivity index (χ1) is 12.6. The number of unbranched alkanes of at least 4 members (excludes halogenated alkanes) is 1. The first-order valence-corrected chi connectivity index (χ1v) is 8.56. The molecule has 0 aliphatic carbocycles. The Balaban J connectivity index is 2.48. The highest BCUT2D eigenvalue weighted by atomic mass is 16.5. The van der Waals surface area contributed by atoms with Gasteiger partial charge in [-0.15, -0.1) is 24.7 Å². The van der Waals surface area contributed by atoms with Crippen molar-refractivity contribution >= 4 is 11.9 Å². The van der Waals surface area contributed by atoms with Gasteiger partial charge in [0.15, 0.2) is 0 Å². The molecule has 1 aromatic carbocycles. The second kappa shape index (κ2) is 12.4. The van der Waals surface area contributed by atoms with Crippen LogP contribution in [0.3, 0.4) is 0 Å². The Kier molecular flexibility index (Phi) is 10.0. The minimum absolute atomic E-state index is 0.0447.